The Morgan fingerprint density at radius 3 is 2.48 bits per heavy atom. The van der Waals surface area contributed by atoms with Gasteiger partial charge in [-0.3, -0.25) is 0 Å². The number of hydrogen-bond donors (Lipinski definition) is 1. The summed E-state index contributed by atoms with van der Waals surface area (Å²) in [6, 6.07) is 18.7. The molecule has 2 nitrogen and oxygen atoms in total. The number of para-hydroxylation sites is 1. The van der Waals surface area contributed by atoms with Crippen molar-refractivity contribution in [2.45, 2.75) is 25.8 Å². The first-order chi connectivity index (χ1) is 10.3. The largest absolute Gasteiger partial charge is 0.492 e. The zero-order valence-electron chi connectivity index (χ0n) is 12.4. The van der Waals surface area contributed by atoms with Crippen LogP contribution in [0.3, 0.4) is 0 Å². The van der Waals surface area contributed by atoms with E-state index in [2.05, 4.69) is 46.4 Å². The zero-order valence-corrected chi connectivity index (χ0v) is 14.0. The summed E-state index contributed by atoms with van der Waals surface area (Å²) in [7, 11) is 0. The molecule has 112 valence electrons. The average molecular weight is 348 g/mol. The molecule has 0 amide bonds. The lowest BCUT2D eigenvalue weighted by atomic mass is 10.1. The monoisotopic (exact) mass is 347 g/mol. The first kappa shape index (κ1) is 16.1. The standard InChI is InChI=1S/C18H22BrNO/c1-2-12-20-16(13-15-8-6-7-11-18(15)19)14-21-17-9-4-3-5-10-17/h3-11,16,20H,2,12-14H2,1H3. The van der Waals surface area contributed by atoms with E-state index in [-0.39, 0.29) is 0 Å². The van der Waals surface area contributed by atoms with Crippen LogP contribution in [0.25, 0.3) is 0 Å². The zero-order chi connectivity index (χ0) is 14.9. The van der Waals surface area contributed by atoms with Crippen LogP contribution >= 0.6 is 15.9 Å². The summed E-state index contributed by atoms with van der Waals surface area (Å²) >= 11 is 3.62. The lowest BCUT2D eigenvalue weighted by Crippen LogP contribution is -2.37. The van der Waals surface area contributed by atoms with Crippen molar-refractivity contribution in [3.05, 3.63) is 64.6 Å². The maximum atomic E-state index is 5.90. The van der Waals surface area contributed by atoms with Gasteiger partial charge in [-0.2, -0.15) is 0 Å². The van der Waals surface area contributed by atoms with Crippen LogP contribution in [0.4, 0.5) is 0 Å². The van der Waals surface area contributed by atoms with Gasteiger partial charge in [0.1, 0.15) is 12.4 Å². The van der Waals surface area contributed by atoms with Crippen LogP contribution in [-0.2, 0) is 6.42 Å². The van der Waals surface area contributed by atoms with Gasteiger partial charge < -0.3 is 10.1 Å². The van der Waals surface area contributed by atoms with E-state index in [1.54, 1.807) is 0 Å². The van der Waals surface area contributed by atoms with E-state index in [0.717, 1.165) is 29.6 Å². The summed E-state index contributed by atoms with van der Waals surface area (Å²) in [5.41, 5.74) is 1.31. The van der Waals surface area contributed by atoms with Gasteiger partial charge in [-0.1, -0.05) is 59.3 Å². The fourth-order valence-electron chi connectivity index (χ4n) is 2.18. The summed E-state index contributed by atoms with van der Waals surface area (Å²) < 4.78 is 7.06. The molecule has 2 aromatic carbocycles. The first-order valence-corrected chi connectivity index (χ1v) is 8.23. The maximum Gasteiger partial charge on any atom is 0.119 e. The van der Waals surface area contributed by atoms with Crippen molar-refractivity contribution in [1.29, 1.82) is 0 Å². The van der Waals surface area contributed by atoms with Gasteiger partial charge >= 0.3 is 0 Å². The lowest BCUT2D eigenvalue weighted by Gasteiger charge is -2.20. The van der Waals surface area contributed by atoms with Crippen LogP contribution in [0.2, 0.25) is 0 Å². The van der Waals surface area contributed by atoms with Gasteiger partial charge in [0.05, 0.1) is 0 Å². The number of halogens is 1. The van der Waals surface area contributed by atoms with Crippen LogP contribution in [0, 0.1) is 0 Å². The lowest BCUT2D eigenvalue weighted by molar-refractivity contribution is 0.263. The van der Waals surface area contributed by atoms with Gasteiger partial charge in [0, 0.05) is 10.5 Å². The molecule has 1 unspecified atom stereocenters. The van der Waals surface area contributed by atoms with Gasteiger partial charge in [0.15, 0.2) is 0 Å². The molecular weight excluding hydrogens is 326 g/mol. The third-order valence-corrected chi connectivity index (χ3v) is 4.08. The fraction of sp³-hybridized carbons (Fsp3) is 0.333. The molecule has 0 aromatic heterocycles. The van der Waals surface area contributed by atoms with Gasteiger partial charge in [0.2, 0.25) is 0 Å². The Morgan fingerprint density at radius 1 is 1.05 bits per heavy atom. The summed E-state index contributed by atoms with van der Waals surface area (Å²) in [4.78, 5) is 0. The Kier molecular flexibility index (Phi) is 6.77. The second-order valence-corrected chi connectivity index (χ2v) is 5.92. The van der Waals surface area contributed by atoms with Crippen LogP contribution in [0.15, 0.2) is 59.1 Å². The summed E-state index contributed by atoms with van der Waals surface area (Å²) in [5.74, 6) is 0.924. The number of nitrogens with one attached hydrogen (secondary N) is 1. The molecule has 1 N–H and O–H groups in total. The molecular formula is C18H22BrNO. The molecule has 2 aromatic rings. The summed E-state index contributed by atoms with van der Waals surface area (Å²) in [6.07, 6.45) is 2.08. The van der Waals surface area contributed by atoms with E-state index in [9.17, 15) is 0 Å². The molecule has 3 heteroatoms. The smallest absolute Gasteiger partial charge is 0.119 e. The molecule has 0 bridgehead atoms. The van der Waals surface area contributed by atoms with E-state index in [4.69, 9.17) is 4.74 Å². The second kappa shape index (κ2) is 8.85. The molecule has 0 spiro atoms. The number of hydrogen-bond acceptors (Lipinski definition) is 2. The van der Waals surface area contributed by atoms with E-state index in [0.29, 0.717) is 12.6 Å². The Labute approximate surface area is 135 Å². The highest BCUT2D eigenvalue weighted by Gasteiger charge is 2.11. The highest BCUT2D eigenvalue weighted by atomic mass is 79.9. The SMILES string of the molecule is CCCNC(COc1ccccc1)Cc1ccccc1Br. The molecule has 21 heavy (non-hydrogen) atoms. The number of ether oxygens (including phenoxy) is 1. The Hall–Kier alpha value is -1.32. The molecule has 0 aliphatic heterocycles. The maximum absolute atomic E-state index is 5.90. The first-order valence-electron chi connectivity index (χ1n) is 7.44. The van der Waals surface area contributed by atoms with Gasteiger partial charge in [-0.15, -0.1) is 0 Å². The third kappa shape index (κ3) is 5.52. The molecule has 0 saturated heterocycles. The highest BCUT2D eigenvalue weighted by Crippen LogP contribution is 2.18. The van der Waals surface area contributed by atoms with Crippen LogP contribution in [-0.4, -0.2) is 19.2 Å². The van der Waals surface area contributed by atoms with E-state index in [1.165, 1.54) is 5.56 Å². The Balaban J connectivity index is 1.96. The predicted molar refractivity (Wildman–Crippen MR) is 91.9 cm³/mol. The second-order valence-electron chi connectivity index (χ2n) is 5.07. The van der Waals surface area contributed by atoms with Crippen molar-refractivity contribution in [1.82, 2.24) is 5.32 Å². The van der Waals surface area contributed by atoms with E-state index in [1.807, 2.05) is 36.4 Å². The molecule has 0 aliphatic carbocycles. The highest BCUT2D eigenvalue weighted by molar-refractivity contribution is 9.10. The van der Waals surface area contributed by atoms with E-state index >= 15 is 0 Å². The number of rotatable bonds is 8. The minimum Gasteiger partial charge on any atom is -0.492 e. The van der Waals surface area contributed by atoms with Crippen molar-refractivity contribution in [3.63, 3.8) is 0 Å². The molecule has 0 fully saturated rings. The summed E-state index contributed by atoms with van der Waals surface area (Å²) in [6.45, 7) is 3.86. The van der Waals surface area contributed by atoms with Gasteiger partial charge in [0.25, 0.3) is 0 Å². The normalized spacial score (nSPS) is 12.1. The van der Waals surface area contributed by atoms with E-state index < -0.39 is 0 Å². The molecule has 0 aliphatic rings. The Morgan fingerprint density at radius 2 is 1.76 bits per heavy atom. The van der Waals surface area contributed by atoms with Gasteiger partial charge in [-0.05, 0) is 43.1 Å². The molecule has 1 atom stereocenters. The quantitative estimate of drug-likeness (QED) is 0.762. The fourth-order valence-corrected chi connectivity index (χ4v) is 2.63. The minimum absolute atomic E-state index is 0.309. The summed E-state index contributed by atoms with van der Waals surface area (Å²) in [5, 5.41) is 3.57. The minimum atomic E-state index is 0.309. The van der Waals surface area contributed by atoms with Crippen LogP contribution < -0.4 is 10.1 Å². The van der Waals surface area contributed by atoms with Crippen molar-refractivity contribution in [3.8, 4) is 5.75 Å². The molecule has 0 heterocycles. The van der Waals surface area contributed by atoms with Gasteiger partial charge in [-0.25, -0.2) is 0 Å². The third-order valence-electron chi connectivity index (χ3n) is 3.30. The van der Waals surface area contributed by atoms with Crippen molar-refractivity contribution >= 4 is 15.9 Å². The van der Waals surface area contributed by atoms with Crippen LogP contribution in [0.5, 0.6) is 5.75 Å². The molecule has 0 saturated carbocycles. The molecule has 2 rings (SSSR count). The van der Waals surface area contributed by atoms with Crippen molar-refractivity contribution < 1.29 is 4.74 Å². The topological polar surface area (TPSA) is 21.3 Å². The van der Waals surface area contributed by atoms with Crippen LogP contribution in [0.1, 0.15) is 18.9 Å². The Bertz CT molecular complexity index is 530. The number of benzene rings is 2. The predicted octanol–water partition coefficient (Wildman–Crippen LogP) is 4.44. The van der Waals surface area contributed by atoms with Crippen molar-refractivity contribution in [2.75, 3.05) is 13.2 Å². The average Bonchev–Trinajstić information content (AvgIpc) is 2.53. The molecule has 0 radical (unpaired) electrons. The van der Waals surface area contributed by atoms with Crippen molar-refractivity contribution in [2.24, 2.45) is 0 Å².